The van der Waals surface area contributed by atoms with Crippen LogP contribution in [0.5, 0.6) is 0 Å². The molecule has 0 radical (unpaired) electrons. The molecule has 1 N–H and O–H groups in total. The molecule has 0 aliphatic carbocycles. The third-order valence-corrected chi connectivity index (χ3v) is 4.25. The Morgan fingerprint density at radius 3 is 2.70 bits per heavy atom. The summed E-state index contributed by atoms with van der Waals surface area (Å²) in [4.78, 5) is 20.0. The van der Waals surface area contributed by atoms with Gasteiger partial charge in [-0.15, -0.1) is 0 Å². The lowest BCUT2D eigenvalue weighted by atomic mass is 10.1. The van der Waals surface area contributed by atoms with E-state index in [4.69, 9.17) is 9.47 Å². The van der Waals surface area contributed by atoms with Crippen LogP contribution in [0.2, 0.25) is 0 Å². The number of carbonyl (C=O) groups excluding carboxylic acids is 1. The summed E-state index contributed by atoms with van der Waals surface area (Å²) in [5, 5.41) is 3.25. The van der Waals surface area contributed by atoms with E-state index in [-0.39, 0.29) is 30.5 Å². The number of ether oxygens (including phenoxy) is 2. The van der Waals surface area contributed by atoms with Crippen molar-refractivity contribution in [3.63, 3.8) is 0 Å². The molecular weight excluding hydrogens is 351 g/mol. The Morgan fingerprint density at radius 2 is 2.07 bits per heavy atom. The van der Waals surface area contributed by atoms with Crippen LogP contribution in [0.15, 0.2) is 29.3 Å². The molecule has 1 aromatic rings. The fourth-order valence-electron chi connectivity index (χ4n) is 2.80. The molecule has 1 fully saturated rings. The Balaban J connectivity index is 2.14. The average molecular weight is 380 g/mol. The maximum absolute atomic E-state index is 13.2. The maximum atomic E-state index is 13.2. The first kappa shape index (κ1) is 21.1. The largest absolute Gasteiger partial charge is 0.383 e. The molecule has 1 amide bonds. The summed E-state index contributed by atoms with van der Waals surface area (Å²) in [5.41, 5.74) is 0.911. The number of guanidine groups is 1. The highest BCUT2D eigenvalue weighted by molar-refractivity contribution is 5.85. The van der Waals surface area contributed by atoms with E-state index >= 15 is 0 Å². The Kier molecular flexibility index (Phi) is 7.99. The van der Waals surface area contributed by atoms with Gasteiger partial charge < -0.3 is 24.6 Å². The summed E-state index contributed by atoms with van der Waals surface area (Å²) in [5.74, 6) is 0.298. The van der Waals surface area contributed by atoms with Crippen LogP contribution in [0.3, 0.4) is 0 Å². The van der Waals surface area contributed by atoms with Crippen molar-refractivity contribution in [2.45, 2.75) is 19.1 Å². The number of halogens is 1. The first-order valence-corrected chi connectivity index (χ1v) is 9.04. The summed E-state index contributed by atoms with van der Waals surface area (Å²) >= 11 is 0. The quantitative estimate of drug-likeness (QED) is 0.457. The van der Waals surface area contributed by atoms with Crippen molar-refractivity contribution in [1.29, 1.82) is 0 Å². The molecule has 1 aromatic carbocycles. The molecule has 1 heterocycles. The van der Waals surface area contributed by atoms with Crippen LogP contribution in [-0.2, 0) is 14.3 Å². The summed E-state index contributed by atoms with van der Waals surface area (Å²) in [6.45, 7) is 4.37. The standard InChI is InChI=1S/C19H29FN4O3/c1-14-12-24(13-17(27-14)15-5-7-16(20)8-6-15)19(21-9-10-26-4)22-11-18(25)23(2)3/h5-8,14,17H,9-13H2,1-4H3,(H,21,22). The lowest BCUT2D eigenvalue weighted by molar-refractivity contribution is -0.127. The second-order valence-corrected chi connectivity index (χ2v) is 6.74. The van der Waals surface area contributed by atoms with Crippen molar-refractivity contribution >= 4 is 11.9 Å². The second-order valence-electron chi connectivity index (χ2n) is 6.74. The van der Waals surface area contributed by atoms with E-state index in [9.17, 15) is 9.18 Å². The fourth-order valence-corrected chi connectivity index (χ4v) is 2.80. The fraction of sp³-hybridized carbons (Fsp3) is 0.579. The van der Waals surface area contributed by atoms with Gasteiger partial charge in [-0.25, -0.2) is 9.38 Å². The summed E-state index contributed by atoms with van der Waals surface area (Å²) in [6.07, 6.45) is -0.235. The summed E-state index contributed by atoms with van der Waals surface area (Å²) < 4.78 is 24.4. The smallest absolute Gasteiger partial charge is 0.243 e. The van der Waals surface area contributed by atoms with E-state index in [1.807, 2.05) is 6.92 Å². The van der Waals surface area contributed by atoms with Crippen LogP contribution in [0.4, 0.5) is 4.39 Å². The first-order valence-electron chi connectivity index (χ1n) is 9.04. The molecule has 150 valence electrons. The molecule has 1 aliphatic heterocycles. The third-order valence-electron chi connectivity index (χ3n) is 4.25. The van der Waals surface area contributed by atoms with Crippen molar-refractivity contribution in [2.24, 2.45) is 4.99 Å². The Hall–Kier alpha value is -2.19. The molecule has 27 heavy (non-hydrogen) atoms. The molecule has 0 spiro atoms. The van der Waals surface area contributed by atoms with E-state index in [0.717, 1.165) is 5.56 Å². The normalized spacial score (nSPS) is 20.5. The van der Waals surface area contributed by atoms with Gasteiger partial charge in [-0.3, -0.25) is 4.79 Å². The van der Waals surface area contributed by atoms with Crippen LogP contribution >= 0.6 is 0 Å². The molecule has 1 saturated heterocycles. The van der Waals surface area contributed by atoms with Gasteiger partial charge in [-0.05, 0) is 24.6 Å². The van der Waals surface area contributed by atoms with Gasteiger partial charge in [0.1, 0.15) is 18.5 Å². The number of benzene rings is 1. The number of likely N-dealkylation sites (N-methyl/N-ethyl adjacent to an activating group) is 1. The second kappa shape index (κ2) is 10.2. The highest BCUT2D eigenvalue weighted by Gasteiger charge is 2.28. The van der Waals surface area contributed by atoms with Gasteiger partial charge in [-0.1, -0.05) is 12.1 Å². The number of methoxy groups -OCH3 is 1. The van der Waals surface area contributed by atoms with Crippen LogP contribution in [-0.4, -0.2) is 81.8 Å². The van der Waals surface area contributed by atoms with E-state index in [0.29, 0.717) is 32.2 Å². The average Bonchev–Trinajstić information content (AvgIpc) is 2.64. The SMILES string of the molecule is COCCNC(=NCC(=O)N(C)C)N1CC(C)OC(c2ccc(F)cc2)C1. The zero-order valence-corrected chi connectivity index (χ0v) is 16.4. The molecule has 8 heteroatoms. The number of carbonyl (C=O) groups is 1. The third kappa shape index (κ3) is 6.48. The lowest BCUT2D eigenvalue weighted by Gasteiger charge is -2.38. The van der Waals surface area contributed by atoms with Crippen molar-refractivity contribution in [3.05, 3.63) is 35.6 Å². The lowest BCUT2D eigenvalue weighted by Crippen LogP contribution is -2.51. The van der Waals surface area contributed by atoms with Gasteiger partial charge in [0, 0.05) is 34.3 Å². The topological polar surface area (TPSA) is 66.4 Å². The first-order chi connectivity index (χ1) is 12.9. The molecular formula is C19H29FN4O3. The predicted molar refractivity (Wildman–Crippen MR) is 102 cm³/mol. The van der Waals surface area contributed by atoms with Crippen LogP contribution in [0.1, 0.15) is 18.6 Å². The van der Waals surface area contributed by atoms with Crippen molar-refractivity contribution in [2.75, 3.05) is 54.0 Å². The van der Waals surface area contributed by atoms with Crippen LogP contribution in [0, 0.1) is 5.82 Å². The van der Waals surface area contributed by atoms with E-state index in [1.54, 1.807) is 33.3 Å². The summed E-state index contributed by atoms with van der Waals surface area (Å²) in [7, 11) is 5.05. The minimum absolute atomic E-state index is 0.0345. The Labute approximate surface area is 160 Å². The number of rotatable bonds is 6. The molecule has 0 bridgehead atoms. The van der Waals surface area contributed by atoms with Gasteiger partial charge >= 0.3 is 0 Å². The number of aliphatic imine (C=N–C) groups is 1. The summed E-state index contributed by atoms with van der Waals surface area (Å²) in [6, 6.07) is 6.34. The zero-order chi connectivity index (χ0) is 19.8. The van der Waals surface area contributed by atoms with Gasteiger partial charge in [0.25, 0.3) is 0 Å². The maximum Gasteiger partial charge on any atom is 0.243 e. The molecule has 7 nitrogen and oxygen atoms in total. The molecule has 0 aromatic heterocycles. The van der Waals surface area contributed by atoms with Crippen molar-refractivity contribution in [3.8, 4) is 0 Å². The minimum Gasteiger partial charge on any atom is -0.383 e. The minimum atomic E-state index is -0.273. The molecule has 2 rings (SSSR count). The molecule has 2 unspecified atom stereocenters. The van der Waals surface area contributed by atoms with E-state index in [1.165, 1.54) is 17.0 Å². The van der Waals surface area contributed by atoms with E-state index < -0.39 is 0 Å². The van der Waals surface area contributed by atoms with Gasteiger partial charge in [0.2, 0.25) is 5.91 Å². The van der Waals surface area contributed by atoms with Gasteiger partial charge in [0.05, 0.1) is 19.3 Å². The number of amides is 1. The Morgan fingerprint density at radius 1 is 1.37 bits per heavy atom. The van der Waals surface area contributed by atoms with Gasteiger partial charge in [-0.2, -0.15) is 0 Å². The number of hydrogen-bond donors (Lipinski definition) is 1. The van der Waals surface area contributed by atoms with E-state index in [2.05, 4.69) is 15.2 Å². The highest BCUT2D eigenvalue weighted by atomic mass is 19.1. The van der Waals surface area contributed by atoms with Crippen molar-refractivity contribution < 1.29 is 18.7 Å². The predicted octanol–water partition coefficient (Wildman–Crippen LogP) is 1.27. The zero-order valence-electron chi connectivity index (χ0n) is 16.4. The highest BCUT2D eigenvalue weighted by Crippen LogP contribution is 2.25. The number of morpholine rings is 1. The van der Waals surface area contributed by atoms with Crippen LogP contribution in [0.25, 0.3) is 0 Å². The monoisotopic (exact) mass is 380 g/mol. The number of nitrogens with zero attached hydrogens (tertiary/aromatic N) is 3. The number of hydrogen-bond acceptors (Lipinski definition) is 4. The molecule has 0 saturated carbocycles. The number of nitrogens with one attached hydrogen (secondary N) is 1. The molecule has 1 aliphatic rings. The Bertz CT molecular complexity index is 636. The van der Waals surface area contributed by atoms with Crippen LogP contribution < -0.4 is 5.32 Å². The van der Waals surface area contributed by atoms with Crippen molar-refractivity contribution in [1.82, 2.24) is 15.1 Å². The molecule has 2 atom stereocenters. The van der Waals surface area contributed by atoms with Gasteiger partial charge in [0.15, 0.2) is 5.96 Å².